The lowest BCUT2D eigenvalue weighted by Gasteiger charge is -2.25. The lowest BCUT2D eigenvalue weighted by molar-refractivity contribution is -0.120. The molecule has 2 aromatic carbocycles. The Bertz CT molecular complexity index is 914. The first-order valence-corrected chi connectivity index (χ1v) is 11.3. The predicted molar refractivity (Wildman–Crippen MR) is 108 cm³/mol. The molecule has 1 heterocycles. The summed E-state index contributed by atoms with van der Waals surface area (Å²) in [6.45, 7) is 3.00. The highest BCUT2D eigenvalue weighted by atomic mass is 32.2. The molecule has 3 N–H and O–H groups in total. The van der Waals surface area contributed by atoms with Crippen LogP contribution in [-0.4, -0.2) is 33.2 Å². The van der Waals surface area contributed by atoms with E-state index < -0.39 is 10.0 Å². The molecule has 0 bridgehead atoms. The number of carbonyl (C=O) groups excluding carboxylic acids is 1. The standard InChI is InChI=1S/C19H23N3O3S2/c1-14(15-7-9-16(10-8-15)27(20,24)25)21-19(23)13-22-11-4-12-26-18-6-3-2-5-17(18)22/h2-3,5-10,14H,4,11-13H2,1H3,(H,21,23)(H2,20,24,25)/t14-/m0/s1. The van der Waals surface area contributed by atoms with Gasteiger partial charge < -0.3 is 10.2 Å². The molecule has 0 spiro atoms. The lowest BCUT2D eigenvalue weighted by Crippen LogP contribution is -2.38. The van der Waals surface area contributed by atoms with Gasteiger partial charge in [-0.25, -0.2) is 13.6 Å². The molecule has 1 atom stereocenters. The predicted octanol–water partition coefficient (Wildman–Crippen LogP) is 2.51. The van der Waals surface area contributed by atoms with E-state index in [0.717, 1.165) is 30.0 Å². The number of carbonyl (C=O) groups is 1. The molecule has 0 saturated carbocycles. The van der Waals surface area contributed by atoms with E-state index in [-0.39, 0.29) is 23.4 Å². The van der Waals surface area contributed by atoms with Gasteiger partial charge in [-0.15, -0.1) is 11.8 Å². The van der Waals surface area contributed by atoms with Crippen molar-refractivity contribution in [2.75, 3.05) is 23.7 Å². The average Bonchev–Trinajstić information content (AvgIpc) is 2.83. The number of nitrogens with two attached hydrogens (primary N) is 1. The molecule has 1 amide bonds. The van der Waals surface area contributed by atoms with Gasteiger partial charge in [-0.2, -0.15) is 0 Å². The largest absolute Gasteiger partial charge is 0.361 e. The third kappa shape index (κ3) is 5.03. The number of hydrogen-bond donors (Lipinski definition) is 2. The second kappa shape index (κ2) is 8.33. The van der Waals surface area contributed by atoms with E-state index in [1.807, 2.05) is 30.8 Å². The number of sulfonamides is 1. The number of nitrogens with zero attached hydrogens (tertiary/aromatic N) is 1. The van der Waals surface area contributed by atoms with E-state index in [9.17, 15) is 13.2 Å². The van der Waals surface area contributed by atoms with Crippen molar-refractivity contribution in [2.45, 2.75) is 29.2 Å². The van der Waals surface area contributed by atoms with E-state index >= 15 is 0 Å². The summed E-state index contributed by atoms with van der Waals surface area (Å²) >= 11 is 1.82. The number of para-hydroxylation sites is 1. The van der Waals surface area contributed by atoms with E-state index in [1.165, 1.54) is 17.0 Å². The number of fused-ring (bicyclic) bond motifs is 1. The minimum Gasteiger partial charge on any atom is -0.361 e. The normalized spacial score (nSPS) is 15.6. The van der Waals surface area contributed by atoms with Crippen molar-refractivity contribution < 1.29 is 13.2 Å². The number of thioether (sulfide) groups is 1. The van der Waals surface area contributed by atoms with Crippen molar-refractivity contribution in [2.24, 2.45) is 5.14 Å². The van der Waals surface area contributed by atoms with Crippen LogP contribution >= 0.6 is 11.8 Å². The highest BCUT2D eigenvalue weighted by Crippen LogP contribution is 2.33. The molecule has 0 radical (unpaired) electrons. The van der Waals surface area contributed by atoms with Gasteiger partial charge in [0.15, 0.2) is 0 Å². The summed E-state index contributed by atoms with van der Waals surface area (Å²) in [6, 6.07) is 14.2. The zero-order valence-electron chi connectivity index (χ0n) is 15.1. The van der Waals surface area contributed by atoms with Gasteiger partial charge in [0.2, 0.25) is 15.9 Å². The highest BCUT2D eigenvalue weighted by Gasteiger charge is 2.19. The first-order valence-electron chi connectivity index (χ1n) is 8.73. The third-order valence-electron chi connectivity index (χ3n) is 4.46. The Labute approximate surface area is 164 Å². The molecule has 0 unspecified atom stereocenters. The Morgan fingerprint density at radius 3 is 2.63 bits per heavy atom. The number of benzene rings is 2. The van der Waals surface area contributed by atoms with Gasteiger partial charge in [0, 0.05) is 11.4 Å². The van der Waals surface area contributed by atoms with Crippen LogP contribution < -0.4 is 15.4 Å². The third-order valence-corrected chi connectivity index (χ3v) is 6.53. The molecule has 8 heteroatoms. The van der Waals surface area contributed by atoms with E-state index in [1.54, 1.807) is 12.1 Å². The topological polar surface area (TPSA) is 92.5 Å². The van der Waals surface area contributed by atoms with Crippen molar-refractivity contribution in [3.63, 3.8) is 0 Å². The maximum absolute atomic E-state index is 12.6. The Morgan fingerprint density at radius 1 is 1.22 bits per heavy atom. The van der Waals surface area contributed by atoms with Crippen molar-refractivity contribution in [3.05, 3.63) is 54.1 Å². The summed E-state index contributed by atoms with van der Waals surface area (Å²) < 4.78 is 22.7. The zero-order valence-corrected chi connectivity index (χ0v) is 16.7. The van der Waals surface area contributed by atoms with Crippen LogP contribution in [-0.2, 0) is 14.8 Å². The quantitative estimate of drug-likeness (QED) is 0.797. The van der Waals surface area contributed by atoms with Crippen LogP contribution in [0, 0.1) is 0 Å². The highest BCUT2D eigenvalue weighted by molar-refractivity contribution is 7.99. The summed E-state index contributed by atoms with van der Waals surface area (Å²) in [5.74, 6) is 0.974. The van der Waals surface area contributed by atoms with Crippen LogP contribution in [0.4, 0.5) is 5.69 Å². The minimum absolute atomic E-state index is 0.0588. The molecule has 1 aliphatic heterocycles. The number of anilines is 1. The van der Waals surface area contributed by atoms with E-state index in [0.29, 0.717) is 0 Å². The number of primary sulfonamides is 1. The summed E-state index contributed by atoms with van der Waals surface area (Å²) in [4.78, 5) is 15.9. The van der Waals surface area contributed by atoms with Crippen LogP contribution in [0.1, 0.15) is 24.9 Å². The Balaban J connectivity index is 1.65. The maximum atomic E-state index is 12.6. The number of amides is 1. The van der Waals surface area contributed by atoms with Crippen LogP contribution in [0.5, 0.6) is 0 Å². The van der Waals surface area contributed by atoms with Gasteiger partial charge in [-0.1, -0.05) is 24.3 Å². The Hall–Kier alpha value is -2.03. The smallest absolute Gasteiger partial charge is 0.239 e. The van der Waals surface area contributed by atoms with E-state index in [4.69, 9.17) is 5.14 Å². The molecule has 1 aliphatic rings. The molecule has 6 nitrogen and oxygen atoms in total. The molecule has 0 fully saturated rings. The molecule has 0 aliphatic carbocycles. The van der Waals surface area contributed by atoms with Crippen LogP contribution in [0.3, 0.4) is 0 Å². The monoisotopic (exact) mass is 405 g/mol. The summed E-state index contributed by atoms with van der Waals surface area (Å²) in [5.41, 5.74) is 1.92. The van der Waals surface area contributed by atoms with Gasteiger partial charge in [0.1, 0.15) is 0 Å². The zero-order chi connectivity index (χ0) is 19.4. The van der Waals surface area contributed by atoms with Crippen molar-refractivity contribution in [3.8, 4) is 0 Å². The summed E-state index contributed by atoms with van der Waals surface area (Å²) in [7, 11) is -3.72. The fourth-order valence-corrected chi connectivity index (χ4v) is 4.58. The van der Waals surface area contributed by atoms with Gasteiger partial charge >= 0.3 is 0 Å². The summed E-state index contributed by atoms with van der Waals surface area (Å²) in [5, 5.41) is 8.10. The first kappa shape index (κ1) is 19.7. The van der Waals surface area contributed by atoms with Crippen LogP contribution in [0.2, 0.25) is 0 Å². The molecule has 2 aromatic rings. The second-order valence-electron chi connectivity index (χ2n) is 6.49. The van der Waals surface area contributed by atoms with Crippen molar-refractivity contribution >= 4 is 33.4 Å². The average molecular weight is 406 g/mol. The Morgan fingerprint density at radius 2 is 1.93 bits per heavy atom. The lowest BCUT2D eigenvalue weighted by atomic mass is 10.1. The number of nitrogens with one attached hydrogen (secondary N) is 1. The van der Waals surface area contributed by atoms with Gasteiger partial charge in [-0.05, 0) is 48.9 Å². The van der Waals surface area contributed by atoms with Gasteiger partial charge in [-0.3, -0.25) is 4.79 Å². The fourth-order valence-electron chi connectivity index (χ4n) is 3.05. The Kier molecular flexibility index (Phi) is 6.08. The minimum atomic E-state index is -3.72. The van der Waals surface area contributed by atoms with Crippen LogP contribution in [0.15, 0.2) is 58.3 Å². The molecule has 0 saturated heterocycles. The van der Waals surface area contributed by atoms with Crippen LogP contribution in [0.25, 0.3) is 0 Å². The van der Waals surface area contributed by atoms with Gasteiger partial charge in [0.25, 0.3) is 0 Å². The molecular weight excluding hydrogens is 382 g/mol. The number of rotatable bonds is 5. The summed E-state index contributed by atoms with van der Waals surface area (Å²) in [6.07, 6.45) is 1.03. The molecule has 3 rings (SSSR count). The van der Waals surface area contributed by atoms with Crippen molar-refractivity contribution in [1.29, 1.82) is 0 Å². The maximum Gasteiger partial charge on any atom is 0.239 e. The molecule has 144 valence electrons. The van der Waals surface area contributed by atoms with Crippen molar-refractivity contribution in [1.82, 2.24) is 5.32 Å². The van der Waals surface area contributed by atoms with Gasteiger partial charge in [0.05, 0.1) is 23.2 Å². The second-order valence-corrected chi connectivity index (χ2v) is 9.19. The fraction of sp³-hybridized carbons (Fsp3) is 0.316. The molecule has 27 heavy (non-hydrogen) atoms. The molecular formula is C19H23N3O3S2. The molecule has 0 aromatic heterocycles. The first-order chi connectivity index (χ1) is 12.8. The number of hydrogen-bond acceptors (Lipinski definition) is 5. The SMILES string of the molecule is C[C@H](NC(=O)CN1CCCSc2ccccc21)c1ccc(S(N)(=O)=O)cc1. The van der Waals surface area contributed by atoms with E-state index in [2.05, 4.69) is 22.3 Å².